The number of hydrogen-bond acceptors (Lipinski definition) is 4. The van der Waals surface area contributed by atoms with E-state index in [0.29, 0.717) is 18.6 Å². The Morgan fingerprint density at radius 1 is 1.30 bits per heavy atom. The van der Waals surface area contributed by atoms with Crippen LogP contribution in [0.4, 0.5) is 0 Å². The lowest BCUT2D eigenvalue weighted by Crippen LogP contribution is -2.39. The number of aromatic nitrogens is 3. The summed E-state index contributed by atoms with van der Waals surface area (Å²) in [6.07, 6.45) is 8.63. The van der Waals surface area contributed by atoms with Crippen LogP contribution in [0.25, 0.3) is 5.65 Å². The quantitative estimate of drug-likeness (QED) is 0.341. The third-order valence-corrected chi connectivity index (χ3v) is 5.05. The van der Waals surface area contributed by atoms with Crippen LogP contribution in [0.15, 0.2) is 29.4 Å². The summed E-state index contributed by atoms with van der Waals surface area (Å²) in [6.45, 7) is 4.29. The van der Waals surface area contributed by atoms with Crippen molar-refractivity contribution in [3.05, 3.63) is 30.2 Å². The predicted octanol–water partition coefficient (Wildman–Crippen LogP) is 3.00. The van der Waals surface area contributed by atoms with Gasteiger partial charge in [0.05, 0.1) is 12.6 Å². The van der Waals surface area contributed by atoms with Crippen molar-refractivity contribution < 1.29 is 4.74 Å². The molecule has 0 bridgehead atoms. The molecule has 1 fully saturated rings. The molecule has 2 N–H and O–H groups in total. The zero-order valence-electron chi connectivity index (χ0n) is 16.2. The molecule has 2 aromatic heterocycles. The maximum Gasteiger partial charge on any atom is 0.191 e. The average molecular weight is 486 g/mol. The number of halogens is 1. The van der Waals surface area contributed by atoms with E-state index in [0.717, 1.165) is 37.0 Å². The zero-order chi connectivity index (χ0) is 18.2. The summed E-state index contributed by atoms with van der Waals surface area (Å²) in [4.78, 5) is 4.30. The molecule has 27 heavy (non-hydrogen) atoms. The normalized spacial score (nSPS) is 16.3. The smallest absolute Gasteiger partial charge is 0.191 e. The second-order valence-corrected chi connectivity index (χ2v) is 6.72. The first kappa shape index (κ1) is 21.9. The van der Waals surface area contributed by atoms with Gasteiger partial charge in [0.25, 0.3) is 0 Å². The SMILES string of the molecule is CCOC(CCNC(=NC)NCc1nnc2ccccn12)C1CCCC1.I. The van der Waals surface area contributed by atoms with Gasteiger partial charge in [-0.3, -0.25) is 9.39 Å². The Balaban J connectivity index is 0.00000261. The first-order valence-corrected chi connectivity index (χ1v) is 9.66. The lowest BCUT2D eigenvalue weighted by molar-refractivity contribution is 0.0169. The van der Waals surface area contributed by atoms with Crippen molar-refractivity contribution in [2.45, 2.75) is 51.7 Å². The van der Waals surface area contributed by atoms with E-state index >= 15 is 0 Å². The number of nitrogens with one attached hydrogen (secondary N) is 2. The molecule has 2 heterocycles. The third-order valence-electron chi connectivity index (χ3n) is 5.05. The molecule has 1 atom stereocenters. The molecule has 7 nitrogen and oxygen atoms in total. The van der Waals surface area contributed by atoms with Gasteiger partial charge in [-0.15, -0.1) is 34.2 Å². The van der Waals surface area contributed by atoms with Crippen LogP contribution in [0.5, 0.6) is 0 Å². The van der Waals surface area contributed by atoms with Gasteiger partial charge < -0.3 is 15.4 Å². The molecule has 1 saturated carbocycles. The molecule has 1 unspecified atom stereocenters. The largest absolute Gasteiger partial charge is 0.378 e. The van der Waals surface area contributed by atoms with Crippen LogP contribution in [0.2, 0.25) is 0 Å². The summed E-state index contributed by atoms with van der Waals surface area (Å²) < 4.78 is 7.96. The highest BCUT2D eigenvalue weighted by Gasteiger charge is 2.25. The Kier molecular flexibility index (Phi) is 9.26. The highest BCUT2D eigenvalue weighted by atomic mass is 127. The Labute approximate surface area is 178 Å². The van der Waals surface area contributed by atoms with Crippen molar-refractivity contribution in [1.82, 2.24) is 25.2 Å². The van der Waals surface area contributed by atoms with Gasteiger partial charge in [-0.05, 0) is 44.2 Å². The molecular formula is C19H31IN6O. The molecule has 0 saturated heterocycles. The van der Waals surface area contributed by atoms with Gasteiger partial charge >= 0.3 is 0 Å². The van der Waals surface area contributed by atoms with E-state index in [1.165, 1.54) is 25.7 Å². The summed E-state index contributed by atoms with van der Waals surface area (Å²) in [5, 5.41) is 15.1. The van der Waals surface area contributed by atoms with Crippen molar-refractivity contribution in [3.8, 4) is 0 Å². The van der Waals surface area contributed by atoms with Gasteiger partial charge in [-0.1, -0.05) is 18.9 Å². The van der Waals surface area contributed by atoms with Crippen molar-refractivity contribution >= 4 is 35.6 Å². The van der Waals surface area contributed by atoms with Crippen LogP contribution in [0, 0.1) is 5.92 Å². The van der Waals surface area contributed by atoms with Gasteiger partial charge in [-0.25, -0.2) is 0 Å². The van der Waals surface area contributed by atoms with Crippen LogP contribution in [-0.4, -0.2) is 46.9 Å². The lowest BCUT2D eigenvalue weighted by atomic mass is 9.98. The third kappa shape index (κ3) is 6.03. The maximum absolute atomic E-state index is 5.99. The minimum Gasteiger partial charge on any atom is -0.378 e. The van der Waals surface area contributed by atoms with Crippen molar-refractivity contribution in [3.63, 3.8) is 0 Å². The zero-order valence-corrected chi connectivity index (χ0v) is 18.6. The Morgan fingerprint density at radius 2 is 2.11 bits per heavy atom. The number of rotatable bonds is 8. The number of pyridine rings is 1. The number of aliphatic imine (C=N–C) groups is 1. The van der Waals surface area contributed by atoms with E-state index in [9.17, 15) is 0 Å². The second-order valence-electron chi connectivity index (χ2n) is 6.72. The molecule has 2 aromatic rings. The van der Waals surface area contributed by atoms with Gasteiger partial charge in [0.2, 0.25) is 0 Å². The number of nitrogens with zero attached hydrogens (tertiary/aromatic N) is 4. The molecule has 1 aliphatic carbocycles. The van der Waals surface area contributed by atoms with Crippen molar-refractivity contribution in [2.75, 3.05) is 20.2 Å². The minimum absolute atomic E-state index is 0. The first-order chi connectivity index (χ1) is 12.8. The molecular weight excluding hydrogens is 455 g/mol. The van der Waals surface area contributed by atoms with E-state index in [4.69, 9.17) is 4.74 Å². The highest BCUT2D eigenvalue weighted by Crippen LogP contribution is 2.30. The van der Waals surface area contributed by atoms with E-state index in [1.807, 2.05) is 28.8 Å². The molecule has 0 spiro atoms. The summed E-state index contributed by atoms with van der Waals surface area (Å²) >= 11 is 0. The van der Waals surface area contributed by atoms with E-state index in [-0.39, 0.29) is 24.0 Å². The van der Waals surface area contributed by atoms with Crippen LogP contribution >= 0.6 is 24.0 Å². The van der Waals surface area contributed by atoms with Gasteiger partial charge in [0.15, 0.2) is 17.4 Å². The summed E-state index contributed by atoms with van der Waals surface area (Å²) in [6, 6.07) is 5.88. The number of hydrogen-bond donors (Lipinski definition) is 2. The molecule has 0 aromatic carbocycles. The van der Waals surface area contributed by atoms with Crippen LogP contribution in [0.1, 0.15) is 44.9 Å². The lowest BCUT2D eigenvalue weighted by Gasteiger charge is -2.24. The molecule has 8 heteroatoms. The molecule has 1 aliphatic rings. The fraction of sp³-hybridized carbons (Fsp3) is 0.632. The van der Waals surface area contributed by atoms with Crippen LogP contribution in [0.3, 0.4) is 0 Å². The number of guanidine groups is 1. The molecule has 0 radical (unpaired) electrons. The summed E-state index contributed by atoms with van der Waals surface area (Å²) in [7, 11) is 1.79. The molecule has 0 amide bonds. The minimum atomic E-state index is 0. The molecule has 0 aliphatic heterocycles. The number of ether oxygens (including phenoxy) is 1. The Hall–Kier alpha value is -1.42. The highest BCUT2D eigenvalue weighted by molar-refractivity contribution is 14.0. The molecule has 3 rings (SSSR count). The van der Waals surface area contributed by atoms with Gasteiger partial charge in [-0.2, -0.15) is 0 Å². The monoisotopic (exact) mass is 486 g/mol. The van der Waals surface area contributed by atoms with Gasteiger partial charge in [0, 0.05) is 26.4 Å². The topological polar surface area (TPSA) is 75.8 Å². The van der Waals surface area contributed by atoms with Crippen LogP contribution < -0.4 is 10.6 Å². The van der Waals surface area contributed by atoms with E-state index in [1.54, 1.807) is 7.05 Å². The molecule has 150 valence electrons. The Bertz CT molecular complexity index is 713. The van der Waals surface area contributed by atoms with E-state index in [2.05, 4.69) is 32.7 Å². The Morgan fingerprint density at radius 3 is 2.85 bits per heavy atom. The average Bonchev–Trinajstić information content (AvgIpc) is 3.34. The first-order valence-electron chi connectivity index (χ1n) is 9.66. The maximum atomic E-state index is 5.99. The standard InChI is InChI=1S/C19H30N6O.HI/c1-3-26-16(15-8-4-5-9-15)11-12-21-19(20-2)22-14-18-24-23-17-10-6-7-13-25(17)18;/h6-7,10,13,15-16H,3-5,8-9,11-12,14H2,1-2H3,(H2,20,21,22);1H. The predicted molar refractivity (Wildman–Crippen MR) is 119 cm³/mol. The van der Waals surface area contributed by atoms with Crippen molar-refractivity contribution in [2.24, 2.45) is 10.9 Å². The summed E-state index contributed by atoms with van der Waals surface area (Å²) in [5.41, 5.74) is 0.850. The van der Waals surface area contributed by atoms with E-state index < -0.39 is 0 Å². The summed E-state index contributed by atoms with van der Waals surface area (Å²) in [5.74, 6) is 2.36. The van der Waals surface area contributed by atoms with Gasteiger partial charge in [0.1, 0.15) is 0 Å². The van der Waals surface area contributed by atoms with Crippen molar-refractivity contribution in [1.29, 1.82) is 0 Å². The fourth-order valence-corrected chi connectivity index (χ4v) is 3.73. The number of fused-ring (bicyclic) bond motifs is 1. The fourth-order valence-electron chi connectivity index (χ4n) is 3.73. The second kappa shape index (κ2) is 11.4. The van der Waals surface area contributed by atoms with Crippen LogP contribution in [-0.2, 0) is 11.3 Å².